The van der Waals surface area contributed by atoms with E-state index in [2.05, 4.69) is 10.1 Å². The van der Waals surface area contributed by atoms with E-state index in [4.69, 9.17) is 0 Å². The molecule has 0 radical (unpaired) electrons. The van der Waals surface area contributed by atoms with Crippen molar-refractivity contribution in [2.45, 2.75) is 44.0 Å². The van der Waals surface area contributed by atoms with Gasteiger partial charge in [0.1, 0.15) is 12.4 Å². The first-order valence-corrected chi connectivity index (χ1v) is 9.05. The van der Waals surface area contributed by atoms with Crippen molar-refractivity contribution in [1.82, 2.24) is 5.32 Å². The molecule has 0 spiro atoms. The van der Waals surface area contributed by atoms with Crippen LogP contribution in [0.25, 0.3) is 0 Å². The zero-order valence-electron chi connectivity index (χ0n) is 15.2. The van der Waals surface area contributed by atoms with Crippen molar-refractivity contribution < 1.29 is 27.1 Å². The number of hydrogen-bond donors (Lipinski definition) is 1. The van der Waals surface area contributed by atoms with E-state index >= 15 is 0 Å². The highest BCUT2D eigenvalue weighted by molar-refractivity contribution is 5.89. The quantitative estimate of drug-likeness (QED) is 0.694. The normalized spacial score (nSPS) is 15.7. The fourth-order valence-electron chi connectivity index (χ4n) is 3.34. The maximum absolute atomic E-state index is 13.2. The molecular weight excluding hydrogens is 374 g/mol. The van der Waals surface area contributed by atoms with Gasteiger partial charge in [-0.15, -0.1) is 0 Å². The van der Waals surface area contributed by atoms with Gasteiger partial charge in [0.15, 0.2) is 0 Å². The Morgan fingerprint density at radius 2 is 1.61 bits per heavy atom. The summed E-state index contributed by atoms with van der Waals surface area (Å²) >= 11 is 0. The van der Waals surface area contributed by atoms with Crippen molar-refractivity contribution in [2.24, 2.45) is 0 Å². The highest BCUT2D eigenvalue weighted by Crippen LogP contribution is 2.44. The summed E-state index contributed by atoms with van der Waals surface area (Å²) in [6.45, 7) is -1.10. The summed E-state index contributed by atoms with van der Waals surface area (Å²) in [5.74, 6) is -0.430. The Kier molecular flexibility index (Phi) is 6.03. The first-order valence-electron chi connectivity index (χ1n) is 9.05. The summed E-state index contributed by atoms with van der Waals surface area (Å²) in [7, 11) is 0. The van der Waals surface area contributed by atoms with Crippen LogP contribution >= 0.6 is 0 Å². The number of alkyl halides is 3. The van der Waals surface area contributed by atoms with Crippen LogP contribution in [0.1, 0.15) is 36.0 Å². The van der Waals surface area contributed by atoms with Crippen LogP contribution in [0.4, 0.5) is 17.6 Å². The maximum atomic E-state index is 13.2. The van der Waals surface area contributed by atoms with Gasteiger partial charge in [-0.05, 0) is 41.7 Å². The van der Waals surface area contributed by atoms with Crippen molar-refractivity contribution in [3.63, 3.8) is 0 Å². The molecule has 0 aliphatic heterocycles. The van der Waals surface area contributed by atoms with E-state index in [1.165, 1.54) is 12.1 Å². The zero-order chi connectivity index (χ0) is 20.2. The molecular formula is C21H21F4NO2. The molecule has 0 aromatic heterocycles. The lowest BCUT2D eigenvalue weighted by molar-refractivity contribution is -0.176. The zero-order valence-corrected chi connectivity index (χ0v) is 15.2. The Morgan fingerprint density at radius 3 is 2.14 bits per heavy atom. The van der Waals surface area contributed by atoms with Gasteiger partial charge >= 0.3 is 6.18 Å². The fourth-order valence-corrected chi connectivity index (χ4v) is 3.34. The SMILES string of the molecule is O=C(NCc1ccc(COCC(F)(F)F)cc1)C1(c2ccc(F)cc2)CCC1. The third kappa shape index (κ3) is 4.90. The lowest BCUT2D eigenvalue weighted by Gasteiger charge is -2.40. The molecule has 1 amide bonds. The number of carbonyl (C=O) groups excluding carboxylic acids is 1. The fraction of sp³-hybridized carbons (Fsp3) is 0.381. The lowest BCUT2D eigenvalue weighted by Crippen LogP contribution is -2.49. The second-order valence-electron chi connectivity index (χ2n) is 7.05. The Labute approximate surface area is 160 Å². The summed E-state index contributed by atoms with van der Waals surface area (Å²) in [6, 6.07) is 12.9. The van der Waals surface area contributed by atoms with Crippen LogP contribution in [0.3, 0.4) is 0 Å². The third-order valence-electron chi connectivity index (χ3n) is 5.05. The average Bonchev–Trinajstić information content (AvgIpc) is 2.61. The van der Waals surface area contributed by atoms with Gasteiger partial charge in [0.2, 0.25) is 5.91 Å². The van der Waals surface area contributed by atoms with E-state index in [9.17, 15) is 22.4 Å². The minimum absolute atomic E-state index is 0.0945. The first-order chi connectivity index (χ1) is 13.3. The van der Waals surface area contributed by atoms with Gasteiger partial charge in [-0.3, -0.25) is 4.79 Å². The Balaban J connectivity index is 1.54. The molecule has 1 N–H and O–H groups in total. The van der Waals surface area contributed by atoms with Gasteiger partial charge < -0.3 is 10.1 Å². The standard InChI is InChI=1S/C21H21F4NO2/c22-18-8-6-17(7-9-18)20(10-1-11-20)19(27)26-12-15-2-4-16(5-3-15)13-28-14-21(23,24)25/h2-9H,1,10-14H2,(H,26,27). The van der Waals surface area contributed by atoms with Gasteiger partial charge in [-0.1, -0.05) is 42.8 Å². The van der Waals surface area contributed by atoms with E-state index in [-0.39, 0.29) is 18.3 Å². The summed E-state index contributed by atoms with van der Waals surface area (Å²) in [4.78, 5) is 12.8. The van der Waals surface area contributed by atoms with Crippen molar-refractivity contribution in [1.29, 1.82) is 0 Å². The smallest absolute Gasteiger partial charge is 0.367 e. The third-order valence-corrected chi connectivity index (χ3v) is 5.05. The monoisotopic (exact) mass is 395 g/mol. The van der Waals surface area contributed by atoms with Crippen LogP contribution in [0.15, 0.2) is 48.5 Å². The molecule has 0 unspecified atom stereocenters. The van der Waals surface area contributed by atoms with E-state index in [0.29, 0.717) is 12.1 Å². The largest absolute Gasteiger partial charge is 0.411 e. The molecule has 2 aromatic carbocycles. The van der Waals surface area contributed by atoms with Crippen LogP contribution in [0, 0.1) is 5.82 Å². The van der Waals surface area contributed by atoms with Crippen LogP contribution in [0.2, 0.25) is 0 Å². The number of rotatable bonds is 7. The first kappa shape index (κ1) is 20.3. The van der Waals surface area contributed by atoms with Crippen molar-refractivity contribution in [3.05, 3.63) is 71.0 Å². The second-order valence-corrected chi connectivity index (χ2v) is 7.05. The molecule has 0 heterocycles. The van der Waals surface area contributed by atoms with E-state index < -0.39 is 18.2 Å². The van der Waals surface area contributed by atoms with E-state index in [1.54, 1.807) is 36.4 Å². The number of amides is 1. The Bertz CT molecular complexity index is 797. The molecule has 150 valence electrons. The van der Waals surface area contributed by atoms with Crippen molar-refractivity contribution in [3.8, 4) is 0 Å². The minimum atomic E-state index is -4.34. The molecule has 3 nitrogen and oxygen atoms in total. The Morgan fingerprint density at radius 1 is 1.00 bits per heavy atom. The minimum Gasteiger partial charge on any atom is -0.367 e. The van der Waals surface area contributed by atoms with Crippen LogP contribution in [-0.2, 0) is 28.1 Å². The van der Waals surface area contributed by atoms with E-state index in [1.807, 2.05) is 0 Å². The predicted molar refractivity (Wildman–Crippen MR) is 95.9 cm³/mol. The molecule has 1 aliphatic rings. The molecule has 3 rings (SSSR count). The number of hydrogen-bond acceptors (Lipinski definition) is 2. The van der Waals surface area contributed by atoms with Gasteiger partial charge in [0, 0.05) is 6.54 Å². The average molecular weight is 395 g/mol. The number of carbonyl (C=O) groups is 1. The van der Waals surface area contributed by atoms with Gasteiger partial charge in [0.05, 0.1) is 12.0 Å². The topological polar surface area (TPSA) is 38.3 Å². The molecule has 0 saturated heterocycles. The number of nitrogens with one attached hydrogen (secondary N) is 1. The second kappa shape index (κ2) is 8.31. The van der Waals surface area contributed by atoms with Crippen LogP contribution < -0.4 is 5.32 Å². The molecule has 28 heavy (non-hydrogen) atoms. The highest BCUT2D eigenvalue weighted by Gasteiger charge is 2.45. The molecule has 0 bridgehead atoms. The molecule has 1 saturated carbocycles. The molecule has 7 heteroatoms. The summed E-state index contributed by atoms with van der Waals surface area (Å²) < 4.78 is 54.1. The summed E-state index contributed by atoms with van der Waals surface area (Å²) in [5.41, 5.74) is 1.66. The molecule has 2 aromatic rings. The number of halogens is 4. The number of ether oxygens (including phenoxy) is 1. The van der Waals surface area contributed by atoms with Crippen LogP contribution in [0.5, 0.6) is 0 Å². The molecule has 1 fully saturated rings. The van der Waals surface area contributed by atoms with Gasteiger partial charge in [-0.2, -0.15) is 13.2 Å². The Hall–Kier alpha value is -2.41. The summed E-state index contributed by atoms with van der Waals surface area (Å²) in [5, 5.41) is 2.92. The highest BCUT2D eigenvalue weighted by atomic mass is 19.4. The van der Waals surface area contributed by atoms with Crippen molar-refractivity contribution >= 4 is 5.91 Å². The molecule has 1 aliphatic carbocycles. The molecule has 0 atom stereocenters. The maximum Gasteiger partial charge on any atom is 0.411 e. The predicted octanol–water partition coefficient (Wildman–Crippen LogP) is 4.64. The lowest BCUT2D eigenvalue weighted by atomic mass is 9.64. The number of benzene rings is 2. The van der Waals surface area contributed by atoms with E-state index in [0.717, 1.165) is 30.4 Å². The summed E-state index contributed by atoms with van der Waals surface area (Å²) in [6.07, 6.45) is -1.95. The van der Waals surface area contributed by atoms with Crippen LogP contribution in [-0.4, -0.2) is 18.7 Å². The van der Waals surface area contributed by atoms with Gasteiger partial charge in [0.25, 0.3) is 0 Å². The van der Waals surface area contributed by atoms with Gasteiger partial charge in [-0.25, -0.2) is 4.39 Å². The van der Waals surface area contributed by atoms with Crippen molar-refractivity contribution in [2.75, 3.05) is 6.61 Å².